The average molecular weight is 247 g/mol. The van der Waals surface area contributed by atoms with Crippen LogP contribution in [0, 0.1) is 0 Å². The minimum Gasteiger partial charge on any atom is -0.462 e. The van der Waals surface area contributed by atoms with Gasteiger partial charge in [-0.15, -0.1) is 0 Å². The van der Waals surface area contributed by atoms with E-state index in [0.29, 0.717) is 32.8 Å². The Morgan fingerprint density at radius 2 is 2.18 bits per heavy atom. The molecule has 0 radical (unpaired) electrons. The number of nitrogens with one attached hydrogen (secondary N) is 1. The van der Waals surface area contributed by atoms with Crippen molar-refractivity contribution in [2.24, 2.45) is 0 Å². The number of ether oxygens (including phenoxy) is 3. The summed E-state index contributed by atoms with van der Waals surface area (Å²) in [5.74, 6) is -0.318. The van der Waals surface area contributed by atoms with Gasteiger partial charge < -0.3 is 24.6 Å². The van der Waals surface area contributed by atoms with Crippen molar-refractivity contribution in [3.8, 4) is 0 Å². The van der Waals surface area contributed by atoms with Crippen molar-refractivity contribution >= 4 is 5.97 Å². The monoisotopic (exact) mass is 247 g/mol. The summed E-state index contributed by atoms with van der Waals surface area (Å²) >= 11 is 0. The van der Waals surface area contributed by atoms with E-state index < -0.39 is 6.10 Å². The van der Waals surface area contributed by atoms with Crippen molar-refractivity contribution in [1.29, 1.82) is 0 Å². The molecule has 17 heavy (non-hydrogen) atoms. The van der Waals surface area contributed by atoms with Crippen molar-refractivity contribution in [2.45, 2.75) is 25.0 Å². The lowest BCUT2D eigenvalue weighted by Gasteiger charge is -2.10. The molecule has 1 fully saturated rings. The van der Waals surface area contributed by atoms with Crippen LogP contribution in [-0.2, 0) is 19.0 Å². The molecule has 0 aromatic heterocycles. The van der Waals surface area contributed by atoms with Gasteiger partial charge in [0.2, 0.25) is 0 Å². The quantitative estimate of drug-likeness (QED) is 0.436. The SMILES string of the molecule is COCCCOCCOC(=O)[C@H]1C[C@@H](O)CN1. The lowest BCUT2D eigenvalue weighted by atomic mass is 10.2. The maximum absolute atomic E-state index is 11.5. The molecule has 1 saturated heterocycles. The number of methoxy groups -OCH3 is 1. The molecule has 0 amide bonds. The van der Waals surface area contributed by atoms with Crippen LogP contribution in [0.4, 0.5) is 0 Å². The molecule has 1 rings (SSSR count). The Hall–Kier alpha value is -0.690. The summed E-state index contributed by atoms with van der Waals surface area (Å²) in [5, 5.41) is 12.1. The molecule has 0 unspecified atom stereocenters. The van der Waals surface area contributed by atoms with Crippen LogP contribution in [0.1, 0.15) is 12.8 Å². The van der Waals surface area contributed by atoms with Crippen LogP contribution < -0.4 is 5.32 Å². The summed E-state index contributed by atoms with van der Waals surface area (Å²) in [4.78, 5) is 11.5. The molecule has 6 nitrogen and oxygen atoms in total. The highest BCUT2D eigenvalue weighted by Gasteiger charge is 2.28. The van der Waals surface area contributed by atoms with Gasteiger partial charge in [0, 0.05) is 33.3 Å². The van der Waals surface area contributed by atoms with Crippen molar-refractivity contribution in [3.05, 3.63) is 0 Å². The highest BCUT2D eigenvalue weighted by atomic mass is 16.6. The van der Waals surface area contributed by atoms with Gasteiger partial charge in [-0.25, -0.2) is 0 Å². The Morgan fingerprint density at radius 1 is 1.35 bits per heavy atom. The first-order valence-corrected chi connectivity index (χ1v) is 5.89. The van der Waals surface area contributed by atoms with Gasteiger partial charge in [-0.05, 0) is 6.42 Å². The van der Waals surface area contributed by atoms with Crippen LogP contribution in [0.2, 0.25) is 0 Å². The molecule has 100 valence electrons. The van der Waals surface area contributed by atoms with E-state index in [1.54, 1.807) is 7.11 Å². The van der Waals surface area contributed by atoms with E-state index in [2.05, 4.69) is 5.32 Å². The third kappa shape index (κ3) is 5.97. The van der Waals surface area contributed by atoms with Crippen LogP contribution in [0.5, 0.6) is 0 Å². The minimum absolute atomic E-state index is 0.250. The van der Waals surface area contributed by atoms with Gasteiger partial charge in [-0.3, -0.25) is 4.79 Å². The van der Waals surface area contributed by atoms with Gasteiger partial charge in [0.1, 0.15) is 12.6 Å². The third-order valence-electron chi connectivity index (χ3n) is 2.50. The number of aliphatic hydroxyl groups excluding tert-OH is 1. The van der Waals surface area contributed by atoms with E-state index in [1.165, 1.54) is 0 Å². The zero-order valence-corrected chi connectivity index (χ0v) is 10.2. The van der Waals surface area contributed by atoms with Crippen molar-refractivity contribution in [2.75, 3.05) is 40.1 Å². The first kappa shape index (κ1) is 14.4. The Bertz CT molecular complexity index is 224. The highest BCUT2D eigenvalue weighted by Crippen LogP contribution is 2.07. The molecule has 0 saturated carbocycles. The van der Waals surface area contributed by atoms with Gasteiger partial charge in [-0.2, -0.15) is 0 Å². The number of hydrogen-bond acceptors (Lipinski definition) is 6. The average Bonchev–Trinajstić information content (AvgIpc) is 2.74. The van der Waals surface area contributed by atoms with Crippen LogP contribution in [-0.4, -0.2) is 63.3 Å². The van der Waals surface area contributed by atoms with E-state index in [-0.39, 0.29) is 18.6 Å². The van der Waals surface area contributed by atoms with E-state index in [0.717, 1.165) is 6.42 Å². The zero-order valence-electron chi connectivity index (χ0n) is 10.2. The van der Waals surface area contributed by atoms with E-state index in [9.17, 15) is 9.90 Å². The third-order valence-corrected chi connectivity index (χ3v) is 2.50. The van der Waals surface area contributed by atoms with Crippen molar-refractivity contribution in [1.82, 2.24) is 5.32 Å². The Balaban J connectivity index is 1.93. The van der Waals surface area contributed by atoms with E-state index in [1.807, 2.05) is 0 Å². The topological polar surface area (TPSA) is 77.0 Å². The van der Waals surface area contributed by atoms with Gasteiger partial charge in [0.05, 0.1) is 12.7 Å². The number of carbonyl (C=O) groups excluding carboxylic acids is 1. The number of β-amino-alcohol motifs (C(OH)–C–C–N with tert-alkyl or cyclic N) is 1. The van der Waals surface area contributed by atoms with Crippen molar-refractivity contribution < 1.29 is 24.1 Å². The summed E-state index contributed by atoms with van der Waals surface area (Å²) in [6.45, 7) is 2.37. The summed E-state index contributed by atoms with van der Waals surface area (Å²) < 4.78 is 15.1. The summed E-state index contributed by atoms with van der Waals surface area (Å²) in [6, 6.07) is -0.376. The molecule has 0 bridgehead atoms. The summed E-state index contributed by atoms with van der Waals surface area (Å²) in [5.41, 5.74) is 0. The largest absolute Gasteiger partial charge is 0.462 e. The normalized spacial score (nSPS) is 23.9. The molecule has 2 N–H and O–H groups in total. The lowest BCUT2D eigenvalue weighted by molar-refractivity contribution is -0.147. The number of aliphatic hydroxyl groups is 1. The number of hydrogen-bond donors (Lipinski definition) is 2. The summed E-state index contributed by atoms with van der Waals surface area (Å²) in [7, 11) is 1.64. The Morgan fingerprint density at radius 3 is 2.82 bits per heavy atom. The molecular formula is C11H21NO5. The van der Waals surface area contributed by atoms with Crippen LogP contribution in [0.25, 0.3) is 0 Å². The smallest absolute Gasteiger partial charge is 0.323 e. The number of esters is 1. The highest BCUT2D eigenvalue weighted by molar-refractivity contribution is 5.76. The summed E-state index contributed by atoms with van der Waals surface area (Å²) in [6.07, 6.45) is 0.812. The minimum atomic E-state index is -0.446. The van der Waals surface area contributed by atoms with E-state index in [4.69, 9.17) is 14.2 Å². The van der Waals surface area contributed by atoms with Gasteiger partial charge in [0.25, 0.3) is 0 Å². The van der Waals surface area contributed by atoms with Crippen LogP contribution in [0.3, 0.4) is 0 Å². The Kier molecular flexibility index (Phi) is 7.11. The predicted molar refractivity (Wildman–Crippen MR) is 60.7 cm³/mol. The number of carbonyl (C=O) groups is 1. The maximum atomic E-state index is 11.5. The predicted octanol–water partition coefficient (Wildman–Crippen LogP) is -0.694. The Labute approximate surface area is 101 Å². The maximum Gasteiger partial charge on any atom is 0.323 e. The van der Waals surface area contributed by atoms with Gasteiger partial charge in [0.15, 0.2) is 0 Å². The molecule has 0 spiro atoms. The van der Waals surface area contributed by atoms with Gasteiger partial charge in [-0.1, -0.05) is 0 Å². The molecule has 0 aromatic carbocycles. The van der Waals surface area contributed by atoms with Gasteiger partial charge >= 0.3 is 5.97 Å². The molecule has 0 aromatic rings. The first-order valence-electron chi connectivity index (χ1n) is 5.89. The molecular weight excluding hydrogens is 226 g/mol. The molecule has 1 aliphatic rings. The molecule has 0 aliphatic carbocycles. The lowest BCUT2D eigenvalue weighted by Crippen LogP contribution is -2.33. The molecule has 6 heteroatoms. The van der Waals surface area contributed by atoms with E-state index >= 15 is 0 Å². The fourth-order valence-corrected chi connectivity index (χ4v) is 1.61. The van der Waals surface area contributed by atoms with Crippen molar-refractivity contribution in [3.63, 3.8) is 0 Å². The first-order chi connectivity index (χ1) is 8.24. The number of rotatable bonds is 8. The molecule has 2 atom stereocenters. The zero-order chi connectivity index (χ0) is 12.5. The molecule has 1 heterocycles. The fraction of sp³-hybridized carbons (Fsp3) is 0.909. The molecule has 1 aliphatic heterocycles. The van der Waals surface area contributed by atoms with Crippen LogP contribution in [0.15, 0.2) is 0 Å². The second kappa shape index (κ2) is 8.41. The second-order valence-corrected chi connectivity index (χ2v) is 3.98. The second-order valence-electron chi connectivity index (χ2n) is 3.98. The standard InChI is InChI=1S/C11H21NO5/c1-15-3-2-4-16-5-6-17-11(14)10-7-9(13)8-12-10/h9-10,12-13H,2-8H2,1H3/t9-,10-/m1/s1. The van der Waals surface area contributed by atoms with Crippen LogP contribution >= 0.6 is 0 Å². The fourth-order valence-electron chi connectivity index (χ4n) is 1.61.